The molecule has 18 nitrogen and oxygen atoms in total. The van der Waals surface area contributed by atoms with Gasteiger partial charge in [0.05, 0.1) is 37.2 Å². The minimum Gasteiger partial charge on any atom is -0.464 e. The Kier molecular flexibility index (Phi) is 14.1. The number of alkyl halides is 1. The summed E-state index contributed by atoms with van der Waals surface area (Å²) in [6.07, 6.45) is 5.56. The van der Waals surface area contributed by atoms with E-state index in [1.54, 1.807) is 26.0 Å². The lowest BCUT2D eigenvalue weighted by atomic mass is 9.45. The summed E-state index contributed by atoms with van der Waals surface area (Å²) in [4.78, 5) is 92.7. The first-order chi connectivity index (χ1) is 25.8. The Morgan fingerprint density at radius 1 is 1.00 bits per heavy atom. The van der Waals surface area contributed by atoms with Gasteiger partial charge in [0, 0.05) is 17.3 Å². The summed E-state index contributed by atoms with van der Waals surface area (Å²) in [5, 5.41) is 45.2. The first kappa shape index (κ1) is 43.6. The number of ether oxygens (including phenoxy) is 2. The summed E-state index contributed by atoms with van der Waals surface area (Å²) < 4.78 is 10.5. The number of aliphatic hydroxyl groups is 2. The number of aliphatic hydroxyl groups excluding tert-OH is 1. The van der Waals surface area contributed by atoms with Gasteiger partial charge in [-0.05, 0) is 81.3 Å². The number of fused-ring (bicyclic) bond motifs is 5. The van der Waals surface area contributed by atoms with E-state index in [0.29, 0.717) is 32.1 Å². The first-order valence-electron chi connectivity index (χ1n) is 18.5. The van der Waals surface area contributed by atoms with Crippen molar-refractivity contribution >= 4 is 41.0 Å². The van der Waals surface area contributed by atoms with Crippen molar-refractivity contribution in [1.82, 2.24) is 5.32 Å². The highest BCUT2D eigenvalue weighted by Crippen LogP contribution is 2.71. The molecule has 0 bridgehead atoms. The van der Waals surface area contributed by atoms with E-state index in [-0.39, 0.29) is 69.5 Å². The van der Waals surface area contributed by atoms with Crippen molar-refractivity contribution in [2.24, 2.45) is 28.6 Å². The van der Waals surface area contributed by atoms with E-state index in [9.17, 15) is 54.4 Å². The Morgan fingerprint density at radius 3 is 2.29 bits per heavy atom. The van der Waals surface area contributed by atoms with Crippen molar-refractivity contribution in [3.63, 3.8) is 0 Å². The van der Waals surface area contributed by atoms with E-state index < -0.39 is 86.2 Å². The number of nitrogens with zero attached hydrogens (tertiary/aromatic N) is 2. The van der Waals surface area contributed by atoms with Crippen LogP contribution in [0.25, 0.3) is 0 Å². The fourth-order valence-corrected chi connectivity index (χ4v) is 9.92. The van der Waals surface area contributed by atoms with Crippen LogP contribution in [0.2, 0.25) is 0 Å². The Labute approximate surface area is 322 Å². The second-order valence-electron chi connectivity index (χ2n) is 15.4. The monoisotopic (exact) mass is 799 g/mol. The van der Waals surface area contributed by atoms with Gasteiger partial charge in [0.15, 0.2) is 12.4 Å². The van der Waals surface area contributed by atoms with Crippen LogP contribution in [0, 0.1) is 48.8 Å². The molecule has 3 saturated carbocycles. The summed E-state index contributed by atoms with van der Waals surface area (Å²) in [5.41, 5.74) is -3.19. The molecule has 4 aliphatic rings. The maximum Gasteiger partial charge on any atom is 0.329 e. The van der Waals surface area contributed by atoms with Gasteiger partial charge in [-0.1, -0.05) is 38.8 Å². The third-order valence-corrected chi connectivity index (χ3v) is 13.2. The zero-order valence-electron chi connectivity index (χ0n) is 31.2. The van der Waals surface area contributed by atoms with Gasteiger partial charge in [0.2, 0.25) is 11.7 Å². The summed E-state index contributed by atoms with van der Waals surface area (Å²) in [6, 6.07) is -1.53. The molecule has 3 fully saturated rings. The first-order valence-corrected chi connectivity index (χ1v) is 18.9. The molecular formula is C36H50ClN3O15. The van der Waals surface area contributed by atoms with Crippen LogP contribution in [-0.4, -0.2) is 98.8 Å². The van der Waals surface area contributed by atoms with E-state index in [1.165, 1.54) is 6.08 Å². The van der Waals surface area contributed by atoms with Crippen LogP contribution in [0.15, 0.2) is 23.8 Å². The molecule has 306 valence electrons. The molecule has 0 radical (unpaired) electrons. The number of Topliss-reactive ketones (excluding diaryl/α,β-unsaturated/α-hetero) is 1. The highest BCUT2D eigenvalue weighted by atomic mass is 35.5. The van der Waals surface area contributed by atoms with Crippen LogP contribution in [-0.2, 0) is 43.1 Å². The van der Waals surface area contributed by atoms with Crippen LogP contribution in [0.1, 0.15) is 91.4 Å². The van der Waals surface area contributed by atoms with Crippen molar-refractivity contribution < 1.29 is 63.5 Å². The summed E-state index contributed by atoms with van der Waals surface area (Å²) in [5.74, 6) is -4.88. The molecule has 1 amide bonds. The summed E-state index contributed by atoms with van der Waals surface area (Å²) in [7, 11) is 0. The fraction of sp³-hybridized carbons (Fsp3) is 0.750. The quantitative estimate of drug-likeness (QED) is 0.0526. The lowest BCUT2D eigenvalue weighted by Gasteiger charge is -2.63. The molecule has 55 heavy (non-hydrogen) atoms. The van der Waals surface area contributed by atoms with Crippen molar-refractivity contribution in [2.75, 3.05) is 26.4 Å². The molecule has 4 aliphatic carbocycles. The highest BCUT2D eigenvalue weighted by Gasteiger charge is 2.74. The van der Waals surface area contributed by atoms with Gasteiger partial charge in [0.1, 0.15) is 11.6 Å². The highest BCUT2D eigenvalue weighted by molar-refractivity contribution is 6.26. The van der Waals surface area contributed by atoms with E-state index >= 15 is 0 Å². The number of nitrogens with one attached hydrogen (secondary N) is 1. The maximum atomic E-state index is 14.0. The topological polar surface area (TPSA) is 261 Å². The third kappa shape index (κ3) is 8.96. The van der Waals surface area contributed by atoms with Crippen LogP contribution in [0.5, 0.6) is 0 Å². The van der Waals surface area contributed by atoms with Gasteiger partial charge >= 0.3 is 11.9 Å². The van der Waals surface area contributed by atoms with E-state index in [2.05, 4.69) is 15.0 Å². The Morgan fingerprint density at radius 2 is 1.64 bits per heavy atom. The fourth-order valence-electron chi connectivity index (χ4n) is 9.40. The molecule has 2 unspecified atom stereocenters. The van der Waals surface area contributed by atoms with Crippen molar-refractivity contribution in [2.45, 2.75) is 114 Å². The summed E-state index contributed by atoms with van der Waals surface area (Å²) >= 11 is 7.46. The van der Waals surface area contributed by atoms with E-state index in [0.717, 1.165) is 5.57 Å². The molecule has 0 aliphatic heterocycles. The van der Waals surface area contributed by atoms with Crippen LogP contribution in [0.4, 0.5) is 0 Å². The predicted molar refractivity (Wildman–Crippen MR) is 190 cm³/mol. The zero-order chi connectivity index (χ0) is 40.8. The Bertz CT molecular complexity index is 1590. The largest absolute Gasteiger partial charge is 0.464 e. The molecule has 0 heterocycles. The smallest absolute Gasteiger partial charge is 0.329 e. The van der Waals surface area contributed by atoms with Crippen LogP contribution >= 0.6 is 11.6 Å². The molecule has 0 saturated heterocycles. The van der Waals surface area contributed by atoms with Gasteiger partial charge in [-0.2, -0.15) is 0 Å². The number of rotatable bonds is 20. The minimum atomic E-state index is -2.03. The van der Waals surface area contributed by atoms with Crippen molar-refractivity contribution in [1.29, 1.82) is 0 Å². The number of ketones is 2. The number of halogens is 1. The van der Waals surface area contributed by atoms with Crippen LogP contribution < -0.4 is 5.32 Å². The molecule has 9 atom stereocenters. The zero-order valence-corrected chi connectivity index (χ0v) is 32.0. The lowest BCUT2D eigenvalue weighted by Crippen LogP contribution is -2.69. The third-order valence-electron chi connectivity index (χ3n) is 12.2. The lowest BCUT2D eigenvalue weighted by molar-refractivity contribution is -0.757. The number of hydrogen-bond donors (Lipinski definition) is 3. The predicted octanol–water partition coefficient (Wildman–Crippen LogP) is 2.89. The van der Waals surface area contributed by atoms with Gasteiger partial charge in [0.25, 0.3) is 10.2 Å². The number of carbonyl (C=O) groups is 5. The van der Waals surface area contributed by atoms with Crippen molar-refractivity contribution in [3.05, 3.63) is 44.0 Å². The van der Waals surface area contributed by atoms with Crippen molar-refractivity contribution in [3.8, 4) is 0 Å². The molecule has 19 heteroatoms. The maximum absolute atomic E-state index is 14.0. The molecule has 4 rings (SSSR count). The average Bonchev–Trinajstić information content (AvgIpc) is 3.31. The Hall–Kier alpha value is -4.16. The molecule has 3 N–H and O–H groups in total. The SMILES string of the molecule is C[C@H]1C[C@H]2[C@@H]3CCC4=CC(=O)C=C[C@]4(C)[C@@]3(Cl)[C@@H](O)C[C@]2(C)C1(O)C(=O)COC(=O)CC(NC(=O)CCCCCO[N+](=O)[O-])C(=O)OCCCCO[N+](=O)[O-]. The average molecular weight is 800 g/mol. The number of amides is 1. The molecular weight excluding hydrogens is 750 g/mol. The number of unbranched alkanes of at least 4 members (excludes halogenated alkanes) is 3. The van der Waals surface area contributed by atoms with Gasteiger partial charge in [-0.15, -0.1) is 31.8 Å². The molecule has 0 aromatic heterocycles. The standard InChI is InChI=1S/C36H50ClN3O15/c1-22-17-26-25-11-10-23-18-24(41)12-13-33(23,2)35(25,37)28(42)20-34(26,3)36(22,47)29(43)21-53-31(45)19-27(32(46)52-14-7-8-16-55-40(50)51)38-30(44)9-5-4-6-15-54-39(48)49/h12-13,18,22,25-28,42,47H,4-11,14-17,19-21H2,1-3H3,(H,38,44)/t22-,25-,26-,27?,28-,33-,34-,35-,36?/m0/s1. The normalized spacial score (nSPS) is 32.5. The van der Waals surface area contributed by atoms with Gasteiger partial charge < -0.3 is 34.7 Å². The number of allylic oxidation sites excluding steroid dienone is 4. The number of hydrogen-bond acceptors (Lipinski definition) is 15. The van der Waals surface area contributed by atoms with Gasteiger partial charge in [-0.25, -0.2) is 4.79 Å². The van der Waals surface area contributed by atoms with Gasteiger partial charge in [-0.3, -0.25) is 19.2 Å². The molecule has 0 aromatic rings. The number of esters is 2. The summed E-state index contributed by atoms with van der Waals surface area (Å²) in [6.45, 7) is 3.93. The second kappa shape index (κ2) is 17.7. The minimum absolute atomic E-state index is 0.0380. The molecule has 0 spiro atoms. The molecule has 0 aromatic carbocycles. The number of carbonyl (C=O) groups excluding carboxylic acids is 5. The van der Waals surface area contributed by atoms with Crippen LogP contribution in [0.3, 0.4) is 0 Å². The van der Waals surface area contributed by atoms with E-state index in [1.807, 2.05) is 6.92 Å². The Balaban J connectivity index is 1.40. The second-order valence-corrected chi connectivity index (χ2v) is 16.0. The van der Waals surface area contributed by atoms with E-state index in [4.69, 9.17) is 21.1 Å².